The summed E-state index contributed by atoms with van der Waals surface area (Å²) in [6.07, 6.45) is 1.37. The van der Waals surface area contributed by atoms with Crippen LogP contribution in [0.15, 0.2) is 34.9 Å². The number of hydrogen-bond donors (Lipinski definition) is 1. The van der Waals surface area contributed by atoms with Crippen LogP contribution in [0.25, 0.3) is 0 Å². The van der Waals surface area contributed by atoms with E-state index in [2.05, 4.69) is 27.6 Å². The van der Waals surface area contributed by atoms with Gasteiger partial charge in [0.2, 0.25) is 5.89 Å². The molecule has 1 unspecified atom stereocenters. The molecule has 0 saturated heterocycles. The zero-order chi connectivity index (χ0) is 13.5. The molecule has 1 N–H and O–H groups in total. The average Bonchev–Trinajstić information content (AvgIpc) is 2.86. The second kappa shape index (κ2) is 7.01. The molecule has 1 aromatic carbocycles. The van der Waals surface area contributed by atoms with E-state index in [0.29, 0.717) is 31.2 Å². The molecule has 0 aliphatic heterocycles. The molecule has 0 fully saturated rings. The van der Waals surface area contributed by atoms with Gasteiger partial charge in [0, 0.05) is 26.0 Å². The molecule has 2 aromatic rings. The van der Waals surface area contributed by atoms with Crippen molar-refractivity contribution >= 4 is 0 Å². The second-order valence-electron chi connectivity index (χ2n) is 4.41. The smallest absolute Gasteiger partial charge is 0.228 e. The summed E-state index contributed by atoms with van der Waals surface area (Å²) in [6, 6.07) is 10.3. The Bertz CT molecular complexity index is 484. The summed E-state index contributed by atoms with van der Waals surface area (Å²) in [7, 11) is 3.57. The fourth-order valence-electron chi connectivity index (χ4n) is 1.88. The van der Waals surface area contributed by atoms with Crippen LogP contribution in [-0.2, 0) is 17.6 Å². The SMILES string of the molecule is CNC(COC)Cc1nc(Cc2ccccc2)no1. The summed E-state index contributed by atoms with van der Waals surface area (Å²) in [6.45, 7) is 0.618. The number of rotatable bonds is 7. The summed E-state index contributed by atoms with van der Waals surface area (Å²) in [5.74, 6) is 1.36. The van der Waals surface area contributed by atoms with Crippen LogP contribution in [0.2, 0.25) is 0 Å². The van der Waals surface area contributed by atoms with Gasteiger partial charge in [0.25, 0.3) is 0 Å². The van der Waals surface area contributed by atoms with E-state index in [4.69, 9.17) is 9.26 Å². The van der Waals surface area contributed by atoms with Gasteiger partial charge in [-0.1, -0.05) is 35.5 Å². The molecule has 0 bridgehead atoms. The van der Waals surface area contributed by atoms with Crippen LogP contribution in [0.3, 0.4) is 0 Å². The predicted molar refractivity (Wildman–Crippen MR) is 72.0 cm³/mol. The van der Waals surface area contributed by atoms with Gasteiger partial charge in [0.15, 0.2) is 5.82 Å². The summed E-state index contributed by atoms with van der Waals surface area (Å²) < 4.78 is 10.4. The molecule has 0 radical (unpaired) electrons. The van der Waals surface area contributed by atoms with Gasteiger partial charge in [-0.3, -0.25) is 0 Å². The number of nitrogens with zero attached hydrogens (tertiary/aromatic N) is 2. The first-order chi connectivity index (χ1) is 9.31. The molecule has 19 heavy (non-hydrogen) atoms. The Labute approximate surface area is 113 Å². The Hall–Kier alpha value is -1.72. The minimum Gasteiger partial charge on any atom is -0.383 e. The molecule has 1 heterocycles. The number of benzene rings is 1. The molecule has 0 saturated carbocycles. The van der Waals surface area contributed by atoms with Crippen molar-refractivity contribution < 1.29 is 9.26 Å². The van der Waals surface area contributed by atoms with Gasteiger partial charge < -0.3 is 14.6 Å². The maximum atomic E-state index is 5.26. The largest absolute Gasteiger partial charge is 0.383 e. The first-order valence-corrected chi connectivity index (χ1v) is 6.33. The van der Waals surface area contributed by atoms with Crippen LogP contribution in [0.4, 0.5) is 0 Å². The summed E-state index contributed by atoms with van der Waals surface area (Å²) in [5, 5.41) is 7.16. The van der Waals surface area contributed by atoms with E-state index in [1.165, 1.54) is 5.56 Å². The topological polar surface area (TPSA) is 60.2 Å². The molecular weight excluding hydrogens is 242 g/mol. The van der Waals surface area contributed by atoms with Crippen LogP contribution in [0, 0.1) is 0 Å². The van der Waals surface area contributed by atoms with Gasteiger partial charge in [-0.25, -0.2) is 0 Å². The highest BCUT2D eigenvalue weighted by atomic mass is 16.5. The van der Waals surface area contributed by atoms with E-state index in [9.17, 15) is 0 Å². The lowest BCUT2D eigenvalue weighted by Gasteiger charge is -2.11. The van der Waals surface area contributed by atoms with E-state index in [-0.39, 0.29) is 6.04 Å². The molecule has 102 valence electrons. The first kappa shape index (κ1) is 13.7. The van der Waals surface area contributed by atoms with Crippen molar-refractivity contribution in [3.05, 3.63) is 47.6 Å². The van der Waals surface area contributed by atoms with Crippen LogP contribution in [0.5, 0.6) is 0 Å². The molecule has 0 spiro atoms. The third kappa shape index (κ3) is 4.15. The predicted octanol–water partition coefficient (Wildman–Crippen LogP) is 1.44. The summed E-state index contributed by atoms with van der Waals surface area (Å²) in [5.41, 5.74) is 1.18. The lowest BCUT2D eigenvalue weighted by molar-refractivity contribution is 0.165. The number of ether oxygens (including phenoxy) is 1. The summed E-state index contributed by atoms with van der Waals surface area (Å²) >= 11 is 0. The molecule has 5 heteroatoms. The van der Waals surface area contributed by atoms with E-state index in [1.807, 2.05) is 25.2 Å². The molecule has 2 rings (SSSR count). The van der Waals surface area contributed by atoms with E-state index in [1.54, 1.807) is 7.11 Å². The average molecular weight is 261 g/mol. The van der Waals surface area contributed by atoms with Gasteiger partial charge in [-0.15, -0.1) is 0 Å². The van der Waals surface area contributed by atoms with Crippen molar-refractivity contribution in [1.29, 1.82) is 0 Å². The van der Waals surface area contributed by atoms with Gasteiger partial charge in [0.05, 0.1) is 6.61 Å². The van der Waals surface area contributed by atoms with E-state index in [0.717, 1.165) is 0 Å². The van der Waals surface area contributed by atoms with Gasteiger partial charge >= 0.3 is 0 Å². The van der Waals surface area contributed by atoms with Crippen LogP contribution in [0.1, 0.15) is 17.3 Å². The van der Waals surface area contributed by atoms with Crippen molar-refractivity contribution in [1.82, 2.24) is 15.5 Å². The maximum Gasteiger partial charge on any atom is 0.228 e. The van der Waals surface area contributed by atoms with Crippen molar-refractivity contribution in [2.75, 3.05) is 20.8 Å². The minimum atomic E-state index is 0.190. The first-order valence-electron chi connectivity index (χ1n) is 6.33. The molecule has 5 nitrogen and oxygen atoms in total. The Morgan fingerprint density at radius 1 is 1.32 bits per heavy atom. The van der Waals surface area contributed by atoms with Crippen molar-refractivity contribution in [2.24, 2.45) is 0 Å². The Kier molecular flexibility index (Phi) is 5.06. The Morgan fingerprint density at radius 2 is 2.11 bits per heavy atom. The Balaban J connectivity index is 1.95. The highest BCUT2D eigenvalue weighted by Gasteiger charge is 2.13. The molecule has 0 amide bonds. The highest BCUT2D eigenvalue weighted by molar-refractivity contribution is 5.18. The van der Waals surface area contributed by atoms with Crippen LogP contribution >= 0.6 is 0 Å². The third-order valence-corrected chi connectivity index (χ3v) is 2.91. The van der Waals surface area contributed by atoms with Crippen molar-refractivity contribution in [3.63, 3.8) is 0 Å². The summed E-state index contributed by atoms with van der Waals surface area (Å²) in [4.78, 5) is 4.40. The van der Waals surface area contributed by atoms with Crippen molar-refractivity contribution in [2.45, 2.75) is 18.9 Å². The molecular formula is C14H19N3O2. The van der Waals surface area contributed by atoms with Crippen LogP contribution < -0.4 is 5.32 Å². The molecule has 0 aliphatic rings. The molecule has 1 atom stereocenters. The fourth-order valence-corrected chi connectivity index (χ4v) is 1.88. The zero-order valence-electron chi connectivity index (χ0n) is 11.3. The number of methoxy groups -OCH3 is 1. The normalized spacial score (nSPS) is 12.5. The number of likely N-dealkylation sites (N-methyl/N-ethyl adjacent to an activating group) is 1. The minimum absolute atomic E-state index is 0.190. The Morgan fingerprint density at radius 3 is 2.79 bits per heavy atom. The molecule has 1 aromatic heterocycles. The monoisotopic (exact) mass is 261 g/mol. The van der Waals surface area contributed by atoms with E-state index >= 15 is 0 Å². The second-order valence-corrected chi connectivity index (χ2v) is 4.41. The molecule has 0 aliphatic carbocycles. The van der Waals surface area contributed by atoms with Gasteiger partial charge in [-0.05, 0) is 12.6 Å². The number of aromatic nitrogens is 2. The highest BCUT2D eigenvalue weighted by Crippen LogP contribution is 2.07. The zero-order valence-corrected chi connectivity index (χ0v) is 11.3. The van der Waals surface area contributed by atoms with E-state index < -0.39 is 0 Å². The third-order valence-electron chi connectivity index (χ3n) is 2.91. The fraction of sp³-hybridized carbons (Fsp3) is 0.429. The quantitative estimate of drug-likeness (QED) is 0.817. The standard InChI is InChI=1S/C14H19N3O2/c1-15-12(10-18-2)9-14-16-13(17-19-14)8-11-6-4-3-5-7-11/h3-7,12,15H,8-10H2,1-2H3. The van der Waals surface area contributed by atoms with Crippen molar-refractivity contribution in [3.8, 4) is 0 Å². The lowest BCUT2D eigenvalue weighted by atomic mass is 10.1. The number of nitrogens with one attached hydrogen (secondary N) is 1. The van der Waals surface area contributed by atoms with Gasteiger partial charge in [-0.2, -0.15) is 4.98 Å². The van der Waals surface area contributed by atoms with Crippen LogP contribution in [-0.4, -0.2) is 36.9 Å². The van der Waals surface area contributed by atoms with Gasteiger partial charge in [0.1, 0.15) is 0 Å². The number of hydrogen-bond acceptors (Lipinski definition) is 5. The lowest BCUT2D eigenvalue weighted by Crippen LogP contribution is -2.32. The maximum absolute atomic E-state index is 5.26.